The predicted octanol–water partition coefficient (Wildman–Crippen LogP) is 3.19. The molecule has 24 heavy (non-hydrogen) atoms. The molecule has 1 aliphatic heterocycles. The molecule has 0 N–H and O–H groups in total. The number of likely N-dealkylation sites (tertiary alicyclic amines) is 1. The summed E-state index contributed by atoms with van der Waals surface area (Å²) in [4.78, 5) is 18.8. The largest absolute Gasteiger partial charge is 0.497 e. The van der Waals surface area contributed by atoms with Crippen molar-refractivity contribution in [2.24, 2.45) is 5.92 Å². The van der Waals surface area contributed by atoms with E-state index in [1.165, 1.54) is 0 Å². The summed E-state index contributed by atoms with van der Waals surface area (Å²) >= 11 is 0. The van der Waals surface area contributed by atoms with Crippen molar-refractivity contribution in [3.8, 4) is 11.5 Å². The van der Waals surface area contributed by atoms with Crippen LogP contribution in [0.3, 0.4) is 0 Å². The average molecular weight is 328 g/mol. The lowest BCUT2D eigenvalue weighted by atomic mass is 9.99. The molecule has 0 saturated carbocycles. The third-order valence-corrected chi connectivity index (χ3v) is 4.59. The first kappa shape index (κ1) is 16.6. The van der Waals surface area contributed by atoms with Gasteiger partial charge in [0.2, 0.25) is 0 Å². The molecule has 1 amide bonds. The van der Waals surface area contributed by atoms with Crippen LogP contribution in [0, 0.1) is 12.8 Å². The highest BCUT2D eigenvalue weighted by Crippen LogP contribution is 2.29. The molecule has 1 fully saturated rings. The van der Waals surface area contributed by atoms with Crippen LogP contribution in [-0.2, 0) is 4.79 Å². The van der Waals surface area contributed by atoms with Crippen LogP contribution in [0.15, 0.2) is 24.3 Å². The summed E-state index contributed by atoms with van der Waals surface area (Å²) in [5.74, 6) is 2.17. The van der Waals surface area contributed by atoms with E-state index < -0.39 is 0 Å². The topological polar surface area (TPSA) is 51.7 Å². The van der Waals surface area contributed by atoms with E-state index in [4.69, 9.17) is 9.47 Å². The van der Waals surface area contributed by atoms with Crippen LogP contribution in [0.2, 0.25) is 0 Å². The first-order chi connectivity index (χ1) is 11.6. The number of carbonyl (C=O) groups is 1. The molecule has 128 valence electrons. The summed E-state index contributed by atoms with van der Waals surface area (Å²) in [6, 6.07) is 7.54. The lowest BCUT2D eigenvalue weighted by molar-refractivity contribution is -0.134. The molecule has 0 unspecified atom stereocenters. The summed E-state index contributed by atoms with van der Waals surface area (Å²) in [6.07, 6.45) is 2.14. The summed E-state index contributed by atoms with van der Waals surface area (Å²) < 4.78 is 11.1. The monoisotopic (exact) mass is 328 g/mol. The van der Waals surface area contributed by atoms with Crippen LogP contribution in [0.4, 0.5) is 0 Å². The fourth-order valence-corrected chi connectivity index (χ4v) is 3.03. The smallest absolute Gasteiger partial charge is 0.260 e. The summed E-state index contributed by atoms with van der Waals surface area (Å²) in [6.45, 7) is 5.87. The molecule has 5 nitrogen and oxygen atoms in total. The maximum absolute atomic E-state index is 12.4. The molecular weight excluding hydrogens is 304 g/mol. The summed E-state index contributed by atoms with van der Waals surface area (Å²) in [5, 5.41) is 0.861. The minimum absolute atomic E-state index is 0.0485. The van der Waals surface area contributed by atoms with Gasteiger partial charge in [0.1, 0.15) is 11.5 Å². The van der Waals surface area contributed by atoms with E-state index in [1.54, 1.807) is 7.11 Å². The van der Waals surface area contributed by atoms with Crippen molar-refractivity contribution in [2.75, 3.05) is 26.8 Å². The van der Waals surface area contributed by atoms with Crippen molar-refractivity contribution in [2.45, 2.75) is 26.7 Å². The Balaban J connectivity index is 1.75. The predicted molar refractivity (Wildman–Crippen MR) is 93.5 cm³/mol. The molecule has 0 bridgehead atoms. The lowest BCUT2D eigenvalue weighted by Crippen LogP contribution is -2.40. The number of aromatic nitrogens is 1. The van der Waals surface area contributed by atoms with E-state index in [2.05, 4.69) is 11.9 Å². The van der Waals surface area contributed by atoms with Gasteiger partial charge in [0, 0.05) is 30.2 Å². The number of pyridine rings is 1. The van der Waals surface area contributed by atoms with E-state index in [9.17, 15) is 4.79 Å². The van der Waals surface area contributed by atoms with Crippen LogP contribution >= 0.6 is 0 Å². The van der Waals surface area contributed by atoms with Gasteiger partial charge in [0.15, 0.2) is 6.61 Å². The Kier molecular flexibility index (Phi) is 4.88. The van der Waals surface area contributed by atoms with Gasteiger partial charge in [-0.2, -0.15) is 0 Å². The Morgan fingerprint density at radius 2 is 2.04 bits per heavy atom. The van der Waals surface area contributed by atoms with Crippen LogP contribution in [0.5, 0.6) is 11.5 Å². The lowest BCUT2D eigenvalue weighted by Gasteiger charge is -2.30. The zero-order chi connectivity index (χ0) is 17.1. The van der Waals surface area contributed by atoms with Crippen LogP contribution in [-0.4, -0.2) is 42.6 Å². The zero-order valence-electron chi connectivity index (χ0n) is 14.5. The maximum atomic E-state index is 12.4. The molecule has 1 aromatic heterocycles. The van der Waals surface area contributed by atoms with Gasteiger partial charge in [-0.3, -0.25) is 9.78 Å². The van der Waals surface area contributed by atoms with Gasteiger partial charge in [0.25, 0.3) is 5.91 Å². The average Bonchev–Trinajstić information content (AvgIpc) is 2.59. The highest BCUT2D eigenvalue weighted by atomic mass is 16.5. The Morgan fingerprint density at radius 3 is 2.75 bits per heavy atom. The number of ether oxygens (including phenoxy) is 2. The number of carbonyl (C=O) groups excluding carboxylic acids is 1. The molecule has 2 aromatic rings. The maximum Gasteiger partial charge on any atom is 0.260 e. The number of fused-ring (bicyclic) bond motifs is 1. The van der Waals surface area contributed by atoms with E-state index >= 15 is 0 Å². The van der Waals surface area contributed by atoms with Crippen molar-refractivity contribution in [1.82, 2.24) is 9.88 Å². The van der Waals surface area contributed by atoms with E-state index in [0.29, 0.717) is 11.7 Å². The fraction of sp³-hybridized carbons (Fsp3) is 0.474. The molecule has 0 radical (unpaired) electrons. The molecule has 1 aromatic carbocycles. The van der Waals surface area contributed by atoms with E-state index in [1.807, 2.05) is 36.1 Å². The van der Waals surface area contributed by atoms with Crippen molar-refractivity contribution in [1.29, 1.82) is 0 Å². The van der Waals surface area contributed by atoms with Gasteiger partial charge < -0.3 is 14.4 Å². The van der Waals surface area contributed by atoms with Crippen LogP contribution < -0.4 is 9.47 Å². The number of amides is 1. The number of rotatable bonds is 4. The number of methoxy groups -OCH3 is 1. The summed E-state index contributed by atoms with van der Waals surface area (Å²) in [5.41, 5.74) is 1.70. The highest BCUT2D eigenvalue weighted by molar-refractivity contribution is 5.87. The molecule has 0 aliphatic carbocycles. The van der Waals surface area contributed by atoms with Crippen LogP contribution in [0.1, 0.15) is 25.5 Å². The Morgan fingerprint density at radius 1 is 1.29 bits per heavy atom. The summed E-state index contributed by atoms with van der Waals surface area (Å²) in [7, 11) is 1.63. The van der Waals surface area contributed by atoms with Gasteiger partial charge in [-0.15, -0.1) is 0 Å². The van der Waals surface area contributed by atoms with Crippen molar-refractivity contribution in [3.63, 3.8) is 0 Å². The molecule has 5 heteroatoms. The van der Waals surface area contributed by atoms with Crippen LogP contribution in [0.25, 0.3) is 10.9 Å². The minimum Gasteiger partial charge on any atom is -0.497 e. The van der Waals surface area contributed by atoms with E-state index in [0.717, 1.165) is 48.3 Å². The normalized spacial score (nSPS) is 15.5. The number of piperidine rings is 1. The Labute approximate surface area is 142 Å². The molecule has 1 saturated heterocycles. The SMILES string of the molecule is COc1ccc2nc(C)cc(OCC(=O)N3CCC(C)CC3)c2c1. The number of hydrogen-bond donors (Lipinski definition) is 0. The molecular formula is C19H24N2O3. The van der Waals surface area contributed by atoms with Gasteiger partial charge in [-0.1, -0.05) is 6.92 Å². The number of benzene rings is 1. The zero-order valence-corrected chi connectivity index (χ0v) is 14.5. The first-order valence-corrected chi connectivity index (χ1v) is 8.43. The van der Waals surface area contributed by atoms with Gasteiger partial charge in [-0.25, -0.2) is 0 Å². The van der Waals surface area contributed by atoms with Crippen molar-refractivity contribution in [3.05, 3.63) is 30.0 Å². The molecule has 1 aliphatic rings. The van der Waals surface area contributed by atoms with Gasteiger partial charge >= 0.3 is 0 Å². The molecule has 0 atom stereocenters. The molecule has 3 rings (SSSR count). The Bertz CT molecular complexity index is 737. The molecule has 2 heterocycles. The van der Waals surface area contributed by atoms with Crippen molar-refractivity contribution >= 4 is 16.8 Å². The standard InChI is InChI=1S/C19H24N2O3/c1-13-6-8-21(9-7-13)19(22)12-24-18-10-14(2)20-17-5-4-15(23-3)11-16(17)18/h4-5,10-11,13H,6-9,12H2,1-3H3. The van der Waals surface area contributed by atoms with Crippen molar-refractivity contribution < 1.29 is 14.3 Å². The fourth-order valence-electron chi connectivity index (χ4n) is 3.03. The third-order valence-electron chi connectivity index (χ3n) is 4.59. The second-order valence-corrected chi connectivity index (χ2v) is 6.50. The minimum atomic E-state index is 0.0485. The quantitative estimate of drug-likeness (QED) is 0.865. The third kappa shape index (κ3) is 3.61. The first-order valence-electron chi connectivity index (χ1n) is 8.43. The second kappa shape index (κ2) is 7.07. The number of nitrogens with zero attached hydrogens (tertiary/aromatic N) is 2. The number of hydrogen-bond acceptors (Lipinski definition) is 4. The van der Waals surface area contributed by atoms with E-state index in [-0.39, 0.29) is 12.5 Å². The Hall–Kier alpha value is -2.30. The number of aryl methyl sites for hydroxylation is 1. The van der Waals surface area contributed by atoms with Gasteiger partial charge in [0.05, 0.1) is 12.6 Å². The second-order valence-electron chi connectivity index (χ2n) is 6.50. The van der Waals surface area contributed by atoms with Gasteiger partial charge in [-0.05, 0) is 43.9 Å². The molecule has 0 spiro atoms. The highest BCUT2D eigenvalue weighted by Gasteiger charge is 2.20.